The first kappa shape index (κ1) is 18.1. The second kappa shape index (κ2) is 7.25. The van der Waals surface area contributed by atoms with E-state index in [1.165, 1.54) is 0 Å². The number of nitrogens with one attached hydrogen (secondary N) is 2. The van der Waals surface area contributed by atoms with Gasteiger partial charge in [0.2, 0.25) is 0 Å². The van der Waals surface area contributed by atoms with Gasteiger partial charge in [0.15, 0.2) is 0 Å². The maximum absolute atomic E-state index is 12.2. The molecule has 1 fully saturated rings. The number of thioether (sulfide) groups is 1. The molecule has 5 nitrogen and oxygen atoms in total. The summed E-state index contributed by atoms with van der Waals surface area (Å²) in [7, 11) is 0. The smallest absolute Gasteiger partial charge is 0.351 e. The SMILES string of the molecule is Cc1cc2nn(CC3CNC3)cc2cc1C(=O)NCCSC(F)(F)F. The summed E-state index contributed by atoms with van der Waals surface area (Å²) in [6, 6.07) is 3.59. The van der Waals surface area contributed by atoms with Gasteiger partial charge in [-0.05, 0) is 36.4 Å². The molecule has 2 heterocycles. The number of halogens is 3. The fraction of sp³-hybridized carbons (Fsp3) is 0.500. The third kappa shape index (κ3) is 4.66. The fourth-order valence-corrected chi connectivity index (χ4v) is 3.17. The summed E-state index contributed by atoms with van der Waals surface area (Å²) in [4.78, 5) is 12.2. The van der Waals surface area contributed by atoms with E-state index >= 15 is 0 Å². The Morgan fingerprint density at radius 3 is 2.84 bits per heavy atom. The minimum atomic E-state index is -4.27. The predicted octanol–water partition coefficient (Wildman–Crippen LogP) is 2.55. The van der Waals surface area contributed by atoms with E-state index in [1.54, 1.807) is 13.0 Å². The molecule has 0 atom stereocenters. The van der Waals surface area contributed by atoms with E-state index in [0.717, 1.165) is 36.1 Å². The molecule has 9 heteroatoms. The highest BCUT2D eigenvalue weighted by Crippen LogP contribution is 2.29. The molecule has 1 aromatic heterocycles. The van der Waals surface area contributed by atoms with Gasteiger partial charge in [-0.25, -0.2) is 0 Å². The Kier molecular flexibility index (Phi) is 5.24. The van der Waals surface area contributed by atoms with Crippen LogP contribution in [0.25, 0.3) is 10.9 Å². The Hall–Kier alpha value is -1.74. The molecule has 0 saturated carbocycles. The molecule has 1 amide bonds. The van der Waals surface area contributed by atoms with Gasteiger partial charge in [0.25, 0.3) is 5.91 Å². The first-order valence-corrected chi connectivity index (χ1v) is 8.98. The Morgan fingerprint density at radius 2 is 2.20 bits per heavy atom. The summed E-state index contributed by atoms with van der Waals surface area (Å²) >= 11 is -0.139. The van der Waals surface area contributed by atoms with Crippen LogP contribution in [0.4, 0.5) is 13.2 Å². The summed E-state index contributed by atoms with van der Waals surface area (Å²) in [6.45, 7) is 4.57. The monoisotopic (exact) mass is 372 g/mol. The maximum Gasteiger partial charge on any atom is 0.441 e. The van der Waals surface area contributed by atoms with Gasteiger partial charge >= 0.3 is 5.51 Å². The van der Waals surface area contributed by atoms with Crippen LogP contribution in [0.2, 0.25) is 0 Å². The summed E-state index contributed by atoms with van der Waals surface area (Å²) < 4.78 is 38.2. The Balaban J connectivity index is 1.65. The van der Waals surface area contributed by atoms with Crippen molar-refractivity contribution in [1.82, 2.24) is 20.4 Å². The predicted molar refractivity (Wildman–Crippen MR) is 91.7 cm³/mol. The topological polar surface area (TPSA) is 59.0 Å². The first-order chi connectivity index (χ1) is 11.8. The molecular formula is C16H19F3N4OS. The lowest BCUT2D eigenvalue weighted by molar-refractivity contribution is -0.0327. The second-order valence-electron chi connectivity index (χ2n) is 6.15. The number of carbonyl (C=O) groups is 1. The van der Waals surface area contributed by atoms with Crippen LogP contribution in [-0.2, 0) is 6.54 Å². The Morgan fingerprint density at radius 1 is 1.44 bits per heavy atom. The molecule has 2 aromatic rings. The molecule has 0 aliphatic carbocycles. The van der Waals surface area contributed by atoms with Crippen molar-refractivity contribution in [3.05, 3.63) is 29.5 Å². The highest BCUT2D eigenvalue weighted by Gasteiger charge is 2.27. The average Bonchev–Trinajstić information content (AvgIpc) is 2.87. The third-order valence-electron chi connectivity index (χ3n) is 4.11. The van der Waals surface area contributed by atoms with Crippen molar-refractivity contribution < 1.29 is 18.0 Å². The van der Waals surface area contributed by atoms with Gasteiger partial charge in [-0.2, -0.15) is 18.3 Å². The zero-order valence-electron chi connectivity index (χ0n) is 13.7. The van der Waals surface area contributed by atoms with Crippen molar-refractivity contribution >= 4 is 28.6 Å². The van der Waals surface area contributed by atoms with E-state index in [1.807, 2.05) is 16.9 Å². The van der Waals surface area contributed by atoms with Crippen molar-refractivity contribution in [2.24, 2.45) is 5.92 Å². The largest absolute Gasteiger partial charge is 0.441 e. The second-order valence-corrected chi connectivity index (χ2v) is 7.31. The number of hydrogen-bond acceptors (Lipinski definition) is 4. The van der Waals surface area contributed by atoms with E-state index in [9.17, 15) is 18.0 Å². The van der Waals surface area contributed by atoms with Gasteiger partial charge in [-0.1, -0.05) is 0 Å². The van der Waals surface area contributed by atoms with Crippen LogP contribution >= 0.6 is 11.8 Å². The molecule has 1 aliphatic rings. The number of aryl methyl sites for hydroxylation is 1. The number of amides is 1. The third-order valence-corrected chi connectivity index (χ3v) is 4.84. The van der Waals surface area contributed by atoms with Crippen molar-refractivity contribution in [2.45, 2.75) is 19.0 Å². The summed E-state index contributed by atoms with van der Waals surface area (Å²) in [6.07, 6.45) is 1.91. The van der Waals surface area contributed by atoms with Crippen LogP contribution in [0, 0.1) is 12.8 Å². The number of aromatic nitrogens is 2. The molecule has 1 saturated heterocycles. The number of benzene rings is 1. The Bertz CT molecular complexity index is 771. The van der Waals surface area contributed by atoms with Crippen molar-refractivity contribution in [2.75, 3.05) is 25.4 Å². The molecule has 136 valence electrons. The van der Waals surface area contributed by atoms with Crippen molar-refractivity contribution in [1.29, 1.82) is 0 Å². The van der Waals surface area contributed by atoms with Crippen LogP contribution in [0.5, 0.6) is 0 Å². The minimum absolute atomic E-state index is 0.0333. The molecule has 3 rings (SSSR count). The molecule has 0 unspecified atom stereocenters. The lowest BCUT2D eigenvalue weighted by atomic mass is 10.0. The Labute approximate surface area is 147 Å². The molecule has 1 aromatic carbocycles. The molecule has 25 heavy (non-hydrogen) atoms. The zero-order chi connectivity index (χ0) is 18.0. The van der Waals surface area contributed by atoms with E-state index < -0.39 is 5.51 Å². The van der Waals surface area contributed by atoms with Crippen LogP contribution < -0.4 is 10.6 Å². The number of nitrogens with zero attached hydrogens (tertiary/aromatic N) is 2. The quantitative estimate of drug-likeness (QED) is 0.765. The lowest BCUT2D eigenvalue weighted by Crippen LogP contribution is -2.44. The fourth-order valence-electron chi connectivity index (χ4n) is 2.73. The number of fused-ring (bicyclic) bond motifs is 1. The van der Waals surface area contributed by atoms with Gasteiger partial charge in [0, 0.05) is 55.0 Å². The van der Waals surface area contributed by atoms with Crippen molar-refractivity contribution in [3.8, 4) is 0 Å². The van der Waals surface area contributed by atoms with Crippen LogP contribution in [0.1, 0.15) is 15.9 Å². The van der Waals surface area contributed by atoms with Gasteiger partial charge in [-0.3, -0.25) is 9.48 Å². The molecule has 0 spiro atoms. The van der Waals surface area contributed by atoms with Crippen LogP contribution in [0.3, 0.4) is 0 Å². The summed E-state index contributed by atoms with van der Waals surface area (Å²) in [5.74, 6) is 0.00611. The number of hydrogen-bond donors (Lipinski definition) is 2. The minimum Gasteiger partial charge on any atom is -0.351 e. The van der Waals surface area contributed by atoms with E-state index in [2.05, 4.69) is 15.7 Å². The first-order valence-electron chi connectivity index (χ1n) is 7.99. The van der Waals surface area contributed by atoms with Crippen LogP contribution in [0.15, 0.2) is 18.3 Å². The van der Waals surface area contributed by atoms with E-state index in [-0.39, 0.29) is 30.0 Å². The number of carbonyl (C=O) groups excluding carboxylic acids is 1. The van der Waals surface area contributed by atoms with Gasteiger partial charge in [-0.15, -0.1) is 0 Å². The highest BCUT2D eigenvalue weighted by molar-refractivity contribution is 8.00. The van der Waals surface area contributed by atoms with E-state index in [0.29, 0.717) is 11.5 Å². The number of rotatable bonds is 6. The summed E-state index contributed by atoms with van der Waals surface area (Å²) in [5.41, 5.74) is -2.24. The average molecular weight is 372 g/mol. The van der Waals surface area contributed by atoms with Crippen LogP contribution in [-0.4, -0.2) is 46.6 Å². The summed E-state index contributed by atoms with van der Waals surface area (Å²) in [5, 5.41) is 11.1. The molecule has 0 radical (unpaired) electrons. The normalized spacial score (nSPS) is 15.4. The molecule has 1 aliphatic heterocycles. The van der Waals surface area contributed by atoms with Gasteiger partial charge in [0.1, 0.15) is 0 Å². The van der Waals surface area contributed by atoms with Crippen molar-refractivity contribution in [3.63, 3.8) is 0 Å². The highest BCUT2D eigenvalue weighted by atomic mass is 32.2. The molecule has 0 bridgehead atoms. The van der Waals surface area contributed by atoms with Gasteiger partial charge < -0.3 is 10.6 Å². The zero-order valence-corrected chi connectivity index (χ0v) is 14.5. The number of alkyl halides is 3. The molecule has 2 N–H and O–H groups in total. The lowest BCUT2D eigenvalue weighted by Gasteiger charge is -2.26. The molecular weight excluding hydrogens is 353 g/mol. The standard InChI is InChI=1S/C16H19F3N4OS/c1-10-4-14-12(9-23(22-14)8-11-6-20-7-11)5-13(10)15(24)21-2-3-25-16(17,18)19/h4-5,9,11,20H,2-3,6-8H2,1H3,(H,21,24). The van der Waals surface area contributed by atoms with Gasteiger partial charge in [0.05, 0.1) is 5.52 Å². The maximum atomic E-state index is 12.2. The van der Waals surface area contributed by atoms with E-state index in [4.69, 9.17) is 0 Å².